The van der Waals surface area contributed by atoms with E-state index in [0.717, 1.165) is 12.0 Å². The van der Waals surface area contributed by atoms with Crippen LogP contribution in [-0.2, 0) is 16.1 Å². The zero-order chi connectivity index (χ0) is 21.3. The molecule has 0 saturated heterocycles. The average molecular weight is 396 g/mol. The predicted molar refractivity (Wildman–Crippen MR) is 114 cm³/mol. The highest BCUT2D eigenvalue weighted by Crippen LogP contribution is 2.28. The van der Waals surface area contributed by atoms with Gasteiger partial charge >= 0.3 is 0 Å². The van der Waals surface area contributed by atoms with E-state index < -0.39 is 6.04 Å². The molecule has 154 valence electrons. The van der Waals surface area contributed by atoms with Crippen molar-refractivity contribution in [3.05, 3.63) is 52.1 Å². The topological polar surface area (TPSA) is 81.1 Å². The van der Waals surface area contributed by atoms with Crippen molar-refractivity contribution in [3.8, 4) is 0 Å². The molecule has 1 heterocycles. The molecule has 1 saturated carbocycles. The molecular formula is C23H29N3O3. The van der Waals surface area contributed by atoms with E-state index in [9.17, 15) is 14.4 Å². The van der Waals surface area contributed by atoms with Crippen LogP contribution in [0.5, 0.6) is 0 Å². The first-order chi connectivity index (χ1) is 13.6. The smallest absolute Gasteiger partial charge is 0.262 e. The van der Waals surface area contributed by atoms with Crippen molar-refractivity contribution in [2.75, 3.05) is 0 Å². The first-order valence-electron chi connectivity index (χ1n) is 10.0. The van der Waals surface area contributed by atoms with Crippen LogP contribution in [0, 0.1) is 12.3 Å². The summed E-state index contributed by atoms with van der Waals surface area (Å²) < 4.78 is 1.53. The van der Waals surface area contributed by atoms with E-state index in [1.54, 1.807) is 13.0 Å². The number of rotatable bonds is 4. The lowest BCUT2D eigenvalue weighted by atomic mass is 9.90. The van der Waals surface area contributed by atoms with Gasteiger partial charge in [0.2, 0.25) is 5.91 Å². The Balaban J connectivity index is 1.99. The number of allylic oxidation sites excluding steroid dienone is 1. The average Bonchev–Trinajstić information content (AvgIpc) is 2.60. The lowest BCUT2D eigenvalue weighted by Gasteiger charge is -2.26. The van der Waals surface area contributed by atoms with Gasteiger partial charge in [0.1, 0.15) is 5.82 Å². The fourth-order valence-electron chi connectivity index (χ4n) is 3.90. The molecule has 3 rings (SSSR count). The van der Waals surface area contributed by atoms with Crippen LogP contribution >= 0.6 is 0 Å². The number of fused-ring (bicyclic) bond motifs is 1. The quantitative estimate of drug-likeness (QED) is 0.802. The zero-order valence-electron chi connectivity index (χ0n) is 17.7. The van der Waals surface area contributed by atoms with Crippen LogP contribution in [0.2, 0.25) is 0 Å². The molecule has 1 atom stereocenters. The monoisotopic (exact) mass is 395 g/mol. The molecule has 0 aliphatic heterocycles. The Kier molecular flexibility index (Phi) is 5.73. The largest absolute Gasteiger partial charge is 0.352 e. The number of amides is 1. The van der Waals surface area contributed by atoms with Gasteiger partial charge in [-0.1, -0.05) is 45.1 Å². The van der Waals surface area contributed by atoms with Gasteiger partial charge in [0.05, 0.1) is 16.9 Å². The van der Waals surface area contributed by atoms with Crippen molar-refractivity contribution in [2.24, 2.45) is 5.41 Å². The Hall–Kier alpha value is -2.76. The summed E-state index contributed by atoms with van der Waals surface area (Å²) in [6.45, 7) is 11.9. The van der Waals surface area contributed by atoms with E-state index in [0.29, 0.717) is 41.6 Å². The van der Waals surface area contributed by atoms with E-state index >= 15 is 0 Å². The minimum Gasteiger partial charge on any atom is -0.352 e. The normalized spacial score (nSPS) is 17.6. The number of benzene rings is 1. The van der Waals surface area contributed by atoms with E-state index in [2.05, 4.69) is 16.9 Å². The summed E-state index contributed by atoms with van der Waals surface area (Å²) >= 11 is 0. The number of aromatic nitrogens is 2. The number of ketones is 1. The number of Topliss-reactive ketones (excluding diaryl/α,β-unsaturated/α-hetero) is 1. The Morgan fingerprint density at radius 3 is 2.69 bits per heavy atom. The fraction of sp³-hybridized carbons (Fsp3) is 0.478. The van der Waals surface area contributed by atoms with Gasteiger partial charge in [-0.25, -0.2) is 4.98 Å². The lowest BCUT2D eigenvalue weighted by Crippen LogP contribution is -2.35. The standard InChI is InChI=1S/C23H29N3O3/c1-14-9-10-18(19(27)11-14)26-15(2)25-17-8-6-7-16(21(17)22(26)29)13-24-20(28)12-23(3,4)5/h6-8,18H,1,9-13H2,2-5H3,(H,24,28). The minimum absolute atomic E-state index is 0.00330. The second-order valence-electron chi connectivity index (χ2n) is 9.11. The van der Waals surface area contributed by atoms with Gasteiger partial charge in [0, 0.05) is 19.4 Å². The second kappa shape index (κ2) is 7.93. The molecule has 29 heavy (non-hydrogen) atoms. The lowest BCUT2D eigenvalue weighted by molar-refractivity contribution is -0.123. The molecule has 1 fully saturated rings. The van der Waals surface area contributed by atoms with Crippen molar-refractivity contribution in [1.29, 1.82) is 0 Å². The summed E-state index contributed by atoms with van der Waals surface area (Å²) in [5.41, 5.74) is 1.87. The Morgan fingerprint density at radius 1 is 1.31 bits per heavy atom. The maximum absolute atomic E-state index is 13.4. The zero-order valence-corrected chi connectivity index (χ0v) is 17.7. The third kappa shape index (κ3) is 4.63. The molecule has 6 heteroatoms. The minimum atomic E-state index is -0.506. The highest BCUT2D eigenvalue weighted by molar-refractivity contribution is 5.87. The number of hydrogen-bond acceptors (Lipinski definition) is 4. The molecule has 6 nitrogen and oxygen atoms in total. The van der Waals surface area contributed by atoms with Crippen molar-refractivity contribution in [1.82, 2.24) is 14.9 Å². The number of carbonyl (C=O) groups excluding carboxylic acids is 2. The van der Waals surface area contributed by atoms with Crippen LogP contribution in [0.15, 0.2) is 35.1 Å². The van der Waals surface area contributed by atoms with Crippen molar-refractivity contribution in [2.45, 2.75) is 66.0 Å². The summed E-state index contributed by atoms with van der Waals surface area (Å²) in [6.07, 6.45) is 2.00. The van der Waals surface area contributed by atoms with Gasteiger partial charge in [-0.3, -0.25) is 19.0 Å². The maximum atomic E-state index is 13.4. The van der Waals surface area contributed by atoms with Crippen molar-refractivity contribution in [3.63, 3.8) is 0 Å². The number of nitrogens with one attached hydrogen (secondary N) is 1. The van der Waals surface area contributed by atoms with E-state index in [1.165, 1.54) is 4.57 Å². The number of hydrogen-bond donors (Lipinski definition) is 1. The predicted octanol–water partition coefficient (Wildman–Crippen LogP) is 3.61. The summed E-state index contributed by atoms with van der Waals surface area (Å²) in [6, 6.07) is 4.94. The van der Waals surface area contributed by atoms with E-state index in [4.69, 9.17) is 0 Å². The molecule has 0 spiro atoms. The maximum Gasteiger partial charge on any atom is 0.262 e. The van der Waals surface area contributed by atoms with Gasteiger partial charge in [0.15, 0.2) is 5.78 Å². The van der Waals surface area contributed by atoms with Crippen LogP contribution in [0.1, 0.15) is 63.9 Å². The number of nitrogens with zero attached hydrogens (tertiary/aromatic N) is 2. The van der Waals surface area contributed by atoms with Crippen LogP contribution in [-0.4, -0.2) is 21.2 Å². The van der Waals surface area contributed by atoms with Gasteiger partial charge < -0.3 is 5.32 Å². The van der Waals surface area contributed by atoms with Crippen molar-refractivity contribution < 1.29 is 9.59 Å². The highest BCUT2D eigenvalue weighted by Gasteiger charge is 2.28. The summed E-state index contributed by atoms with van der Waals surface area (Å²) in [5, 5.41) is 3.37. The molecule has 1 N–H and O–H groups in total. The first-order valence-corrected chi connectivity index (χ1v) is 10.0. The third-order valence-corrected chi connectivity index (χ3v) is 5.24. The molecule has 0 radical (unpaired) electrons. The van der Waals surface area contributed by atoms with Gasteiger partial charge in [-0.2, -0.15) is 0 Å². The Labute approximate surface area is 171 Å². The fourth-order valence-corrected chi connectivity index (χ4v) is 3.90. The van der Waals surface area contributed by atoms with Crippen LogP contribution < -0.4 is 10.9 Å². The molecule has 1 aliphatic rings. The van der Waals surface area contributed by atoms with Crippen LogP contribution in [0.25, 0.3) is 10.9 Å². The molecule has 1 amide bonds. The Morgan fingerprint density at radius 2 is 2.03 bits per heavy atom. The number of carbonyl (C=O) groups is 2. The molecule has 1 aliphatic carbocycles. The van der Waals surface area contributed by atoms with Gasteiger partial charge in [-0.05, 0) is 36.8 Å². The molecule has 1 unspecified atom stereocenters. The van der Waals surface area contributed by atoms with Gasteiger partial charge in [0.25, 0.3) is 5.56 Å². The van der Waals surface area contributed by atoms with Crippen molar-refractivity contribution >= 4 is 22.6 Å². The Bertz CT molecular complexity index is 1040. The second-order valence-corrected chi connectivity index (χ2v) is 9.11. The summed E-state index contributed by atoms with van der Waals surface area (Å²) in [4.78, 5) is 42.8. The SMILES string of the molecule is C=C1CCC(n2c(C)nc3cccc(CNC(=O)CC(C)(C)C)c3c2=O)C(=O)C1. The van der Waals surface area contributed by atoms with Gasteiger partial charge in [-0.15, -0.1) is 0 Å². The summed E-state index contributed by atoms with van der Waals surface area (Å²) in [7, 11) is 0. The highest BCUT2D eigenvalue weighted by atomic mass is 16.2. The third-order valence-electron chi connectivity index (χ3n) is 5.24. The summed E-state index contributed by atoms with van der Waals surface area (Å²) in [5.74, 6) is 0.474. The van der Waals surface area contributed by atoms with E-state index in [1.807, 2.05) is 32.9 Å². The first kappa shape index (κ1) is 21.0. The van der Waals surface area contributed by atoms with E-state index in [-0.39, 0.29) is 29.2 Å². The molecule has 1 aromatic carbocycles. The molecule has 0 bridgehead atoms. The number of aryl methyl sites for hydroxylation is 1. The molecule has 2 aromatic rings. The molecular weight excluding hydrogens is 366 g/mol. The van der Waals surface area contributed by atoms with Crippen LogP contribution in [0.3, 0.4) is 0 Å². The molecule has 1 aromatic heterocycles. The van der Waals surface area contributed by atoms with Crippen LogP contribution in [0.4, 0.5) is 0 Å².